The SMILES string of the molecule is CCC1(C)CC(NC(C)CN2CCCCC2)CCO1. The van der Waals surface area contributed by atoms with E-state index in [-0.39, 0.29) is 5.60 Å². The second kappa shape index (κ2) is 7.05. The Morgan fingerprint density at radius 1 is 1.32 bits per heavy atom. The summed E-state index contributed by atoms with van der Waals surface area (Å²) in [6.45, 7) is 11.6. The molecule has 0 aromatic carbocycles. The van der Waals surface area contributed by atoms with Crippen LogP contribution in [-0.2, 0) is 4.74 Å². The molecule has 2 fully saturated rings. The number of likely N-dealkylation sites (tertiary alicyclic amines) is 1. The van der Waals surface area contributed by atoms with Crippen LogP contribution in [-0.4, -0.2) is 48.8 Å². The van der Waals surface area contributed by atoms with Crippen LogP contribution in [0.4, 0.5) is 0 Å². The Morgan fingerprint density at radius 2 is 2.05 bits per heavy atom. The van der Waals surface area contributed by atoms with Gasteiger partial charge in [0.05, 0.1) is 5.60 Å². The number of nitrogens with zero attached hydrogens (tertiary/aromatic N) is 1. The minimum Gasteiger partial charge on any atom is -0.375 e. The summed E-state index contributed by atoms with van der Waals surface area (Å²) in [4.78, 5) is 2.62. The van der Waals surface area contributed by atoms with Gasteiger partial charge in [0.1, 0.15) is 0 Å². The Labute approximate surface area is 119 Å². The topological polar surface area (TPSA) is 24.5 Å². The first-order chi connectivity index (χ1) is 9.11. The number of piperidine rings is 1. The van der Waals surface area contributed by atoms with Crippen molar-refractivity contribution in [3.8, 4) is 0 Å². The van der Waals surface area contributed by atoms with Gasteiger partial charge in [0, 0.05) is 25.2 Å². The first-order valence-electron chi connectivity index (χ1n) is 8.24. The van der Waals surface area contributed by atoms with Crippen molar-refractivity contribution >= 4 is 0 Å². The molecule has 0 aliphatic carbocycles. The number of nitrogens with one attached hydrogen (secondary N) is 1. The second-order valence-corrected chi connectivity index (χ2v) is 6.77. The average Bonchev–Trinajstić information content (AvgIpc) is 2.40. The van der Waals surface area contributed by atoms with Crippen molar-refractivity contribution in [1.29, 1.82) is 0 Å². The van der Waals surface area contributed by atoms with Crippen LogP contribution in [0.15, 0.2) is 0 Å². The van der Waals surface area contributed by atoms with Crippen molar-refractivity contribution < 1.29 is 4.74 Å². The van der Waals surface area contributed by atoms with Gasteiger partial charge in [-0.05, 0) is 59.0 Å². The lowest BCUT2D eigenvalue weighted by Crippen LogP contribution is -2.50. The summed E-state index contributed by atoms with van der Waals surface area (Å²) in [7, 11) is 0. The van der Waals surface area contributed by atoms with E-state index in [0.29, 0.717) is 12.1 Å². The molecule has 2 aliphatic heterocycles. The highest BCUT2D eigenvalue weighted by Gasteiger charge is 2.32. The van der Waals surface area contributed by atoms with Crippen LogP contribution in [0.3, 0.4) is 0 Å². The van der Waals surface area contributed by atoms with E-state index in [9.17, 15) is 0 Å². The minimum absolute atomic E-state index is 0.0980. The number of hydrogen-bond acceptors (Lipinski definition) is 3. The molecule has 1 N–H and O–H groups in total. The predicted octanol–water partition coefficient (Wildman–Crippen LogP) is 2.80. The van der Waals surface area contributed by atoms with Crippen molar-refractivity contribution in [1.82, 2.24) is 10.2 Å². The fraction of sp³-hybridized carbons (Fsp3) is 1.00. The summed E-state index contributed by atoms with van der Waals surface area (Å²) >= 11 is 0. The van der Waals surface area contributed by atoms with E-state index in [0.717, 1.165) is 19.4 Å². The molecule has 0 saturated carbocycles. The molecule has 0 spiro atoms. The molecule has 2 aliphatic rings. The molecule has 3 atom stereocenters. The molecule has 112 valence electrons. The summed E-state index contributed by atoms with van der Waals surface area (Å²) in [5.74, 6) is 0. The Hall–Kier alpha value is -0.120. The molecule has 2 heterocycles. The Bertz CT molecular complexity index is 265. The molecule has 0 bridgehead atoms. The van der Waals surface area contributed by atoms with Gasteiger partial charge in [-0.2, -0.15) is 0 Å². The van der Waals surface area contributed by atoms with Crippen molar-refractivity contribution in [2.24, 2.45) is 0 Å². The third kappa shape index (κ3) is 4.73. The fourth-order valence-electron chi connectivity index (χ4n) is 3.50. The van der Waals surface area contributed by atoms with E-state index in [1.54, 1.807) is 0 Å². The zero-order valence-electron chi connectivity index (χ0n) is 13.1. The lowest BCUT2D eigenvalue weighted by Gasteiger charge is -2.40. The quantitative estimate of drug-likeness (QED) is 0.830. The third-order valence-corrected chi connectivity index (χ3v) is 4.84. The highest BCUT2D eigenvalue weighted by atomic mass is 16.5. The Morgan fingerprint density at radius 3 is 2.74 bits per heavy atom. The first kappa shape index (κ1) is 15.3. The van der Waals surface area contributed by atoms with E-state index in [2.05, 4.69) is 31.0 Å². The van der Waals surface area contributed by atoms with Gasteiger partial charge < -0.3 is 15.0 Å². The molecule has 2 saturated heterocycles. The standard InChI is InChI=1S/C16H32N2O/c1-4-16(3)12-15(8-11-19-16)17-14(2)13-18-9-6-5-7-10-18/h14-15,17H,4-13H2,1-3H3. The molecular weight excluding hydrogens is 236 g/mol. The maximum atomic E-state index is 5.93. The number of ether oxygens (including phenoxy) is 1. The molecule has 3 unspecified atom stereocenters. The first-order valence-corrected chi connectivity index (χ1v) is 8.24. The summed E-state index contributed by atoms with van der Waals surface area (Å²) in [6, 6.07) is 1.24. The van der Waals surface area contributed by atoms with Gasteiger partial charge in [-0.15, -0.1) is 0 Å². The van der Waals surface area contributed by atoms with Crippen LogP contribution in [0.25, 0.3) is 0 Å². The average molecular weight is 268 g/mol. The van der Waals surface area contributed by atoms with E-state index in [1.165, 1.54) is 45.3 Å². The Kier molecular flexibility index (Phi) is 5.67. The van der Waals surface area contributed by atoms with Gasteiger partial charge >= 0.3 is 0 Å². The number of rotatable bonds is 5. The van der Waals surface area contributed by atoms with E-state index in [4.69, 9.17) is 4.74 Å². The van der Waals surface area contributed by atoms with Crippen molar-refractivity contribution in [3.63, 3.8) is 0 Å². The van der Waals surface area contributed by atoms with E-state index >= 15 is 0 Å². The van der Waals surface area contributed by atoms with Crippen molar-refractivity contribution in [2.45, 2.75) is 77.0 Å². The molecule has 0 aromatic heterocycles. The summed E-state index contributed by atoms with van der Waals surface area (Å²) < 4.78 is 5.93. The third-order valence-electron chi connectivity index (χ3n) is 4.84. The zero-order valence-corrected chi connectivity index (χ0v) is 13.1. The number of hydrogen-bond donors (Lipinski definition) is 1. The van der Waals surface area contributed by atoms with Crippen LogP contribution >= 0.6 is 0 Å². The monoisotopic (exact) mass is 268 g/mol. The van der Waals surface area contributed by atoms with Crippen molar-refractivity contribution in [3.05, 3.63) is 0 Å². The summed E-state index contributed by atoms with van der Waals surface area (Å²) in [5, 5.41) is 3.83. The van der Waals surface area contributed by atoms with Crippen molar-refractivity contribution in [2.75, 3.05) is 26.2 Å². The van der Waals surface area contributed by atoms with E-state index in [1.807, 2.05) is 0 Å². The second-order valence-electron chi connectivity index (χ2n) is 6.77. The Balaban J connectivity index is 1.73. The van der Waals surface area contributed by atoms with Gasteiger partial charge in [-0.1, -0.05) is 13.3 Å². The lowest BCUT2D eigenvalue weighted by atomic mass is 9.89. The molecule has 19 heavy (non-hydrogen) atoms. The molecule has 0 aromatic rings. The molecule has 3 heteroatoms. The normalized spacial score (nSPS) is 35.2. The van der Waals surface area contributed by atoms with Crippen LogP contribution in [0, 0.1) is 0 Å². The molecule has 0 amide bonds. The highest BCUT2D eigenvalue weighted by molar-refractivity contribution is 4.87. The zero-order chi connectivity index (χ0) is 13.7. The predicted molar refractivity (Wildman–Crippen MR) is 80.6 cm³/mol. The van der Waals surface area contributed by atoms with Gasteiger partial charge in [0.15, 0.2) is 0 Å². The maximum Gasteiger partial charge on any atom is 0.0666 e. The summed E-state index contributed by atoms with van der Waals surface area (Å²) in [5.41, 5.74) is 0.0980. The van der Waals surface area contributed by atoms with Crippen LogP contribution < -0.4 is 5.32 Å². The molecule has 3 nitrogen and oxygen atoms in total. The molecule has 2 rings (SSSR count). The largest absolute Gasteiger partial charge is 0.375 e. The van der Waals surface area contributed by atoms with Gasteiger partial charge in [0.2, 0.25) is 0 Å². The molecular formula is C16H32N2O. The van der Waals surface area contributed by atoms with Crippen LogP contribution in [0.5, 0.6) is 0 Å². The maximum absolute atomic E-state index is 5.93. The summed E-state index contributed by atoms with van der Waals surface area (Å²) in [6.07, 6.45) is 7.64. The molecule has 0 radical (unpaired) electrons. The van der Waals surface area contributed by atoms with E-state index < -0.39 is 0 Å². The fourth-order valence-corrected chi connectivity index (χ4v) is 3.50. The smallest absolute Gasteiger partial charge is 0.0666 e. The van der Waals surface area contributed by atoms with Gasteiger partial charge in [-0.25, -0.2) is 0 Å². The van der Waals surface area contributed by atoms with Gasteiger partial charge in [-0.3, -0.25) is 0 Å². The van der Waals surface area contributed by atoms with Crippen LogP contribution in [0.1, 0.15) is 59.3 Å². The van der Waals surface area contributed by atoms with Gasteiger partial charge in [0.25, 0.3) is 0 Å². The highest BCUT2D eigenvalue weighted by Crippen LogP contribution is 2.27. The minimum atomic E-state index is 0.0980. The van der Waals surface area contributed by atoms with Crippen LogP contribution in [0.2, 0.25) is 0 Å². The lowest BCUT2D eigenvalue weighted by molar-refractivity contribution is -0.0792.